The van der Waals surface area contributed by atoms with E-state index < -0.39 is 5.76 Å². The Morgan fingerprint density at radius 3 is 2.74 bits per heavy atom. The van der Waals surface area contributed by atoms with Gasteiger partial charge in [-0.2, -0.15) is 0 Å². The van der Waals surface area contributed by atoms with Crippen LogP contribution in [-0.4, -0.2) is 16.4 Å². The number of benzene rings is 1. The monoisotopic (exact) mass is 387 g/mol. The lowest BCUT2D eigenvalue weighted by molar-refractivity contribution is -0.122. The fourth-order valence-electron chi connectivity index (χ4n) is 2.86. The fourth-order valence-corrected chi connectivity index (χ4v) is 3.87. The summed E-state index contributed by atoms with van der Waals surface area (Å²) in [5, 5.41) is 0. The van der Waals surface area contributed by atoms with E-state index in [-0.39, 0.29) is 18.2 Å². The Labute approximate surface area is 160 Å². The van der Waals surface area contributed by atoms with Crippen LogP contribution in [-0.2, 0) is 17.8 Å². The molecule has 3 aromatic rings. The second-order valence-electron chi connectivity index (χ2n) is 6.16. The van der Waals surface area contributed by atoms with Crippen LogP contribution < -0.4 is 16.6 Å². The summed E-state index contributed by atoms with van der Waals surface area (Å²) in [6, 6.07) is 8.97. The number of para-hydroxylation sites is 2. The Bertz CT molecular complexity index is 1030. The summed E-state index contributed by atoms with van der Waals surface area (Å²) in [7, 11) is 0. The first kappa shape index (κ1) is 18.9. The van der Waals surface area contributed by atoms with E-state index in [1.54, 1.807) is 18.2 Å². The highest BCUT2D eigenvalue weighted by molar-refractivity contribution is 7.14. The van der Waals surface area contributed by atoms with Crippen LogP contribution >= 0.6 is 11.3 Å². The molecule has 0 aliphatic rings. The van der Waals surface area contributed by atoms with Crippen molar-refractivity contribution in [2.45, 2.75) is 39.7 Å². The minimum Gasteiger partial charge on any atom is -0.408 e. The summed E-state index contributed by atoms with van der Waals surface area (Å²) in [6.07, 6.45) is 1.50. The van der Waals surface area contributed by atoms with Crippen molar-refractivity contribution < 1.29 is 14.0 Å². The van der Waals surface area contributed by atoms with Crippen molar-refractivity contribution in [2.24, 2.45) is 0 Å². The first-order valence-corrected chi connectivity index (χ1v) is 9.58. The van der Waals surface area contributed by atoms with Crippen molar-refractivity contribution in [3.63, 3.8) is 0 Å². The number of rotatable bonds is 6. The molecule has 2 aromatic heterocycles. The van der Waals surface area contributed by atoms with Crippen molar-refractivity contribution >= 4 is 34.3 Å². The standard InChI is InChI=1S/C19H21N3O4S/c1-3-15-12(2)11-16(27-15)18(24)21-20-17(23)9-6-10-22-13-7-4-5-8-14(13)26-19(22)25/h4-5,7-8,11H,3,6,9-10H2,1-2H3,(H,20,23)(H,21,24). The highest BCUT2D eigenvalue weighted by Gasteiger charge is 2.13. The van der Waals surface area contributed by atoms with Gasteiger partial charge in [0.1, 0.15) is 0 Å². The molecule has 0 unspecified atom stereocenters. The molecule has 0 radical (unpaired) electrons. The second-order valence-corrected chi connectivity index (χ2v) is 7.30. The Hall–Kier alpha value is -2.87. The van der Waals surface area contributed by atoms with Crippen LogP contribution in [0.25, 0.3) is 11.1 Å². The number of nitrogens with zero attached hydrogens (tertiary/aromatic N) is 1. The van der Waals surface area contributed by atoms with Gasteiger partial charge in [-0.3, -0.25) is 25.0 Å². The van der Waals surface area contributed by atoms with Gasteiger partial charge in [-0.15, -0.1) is 11.3 Å². The number of hydrazine groups is 1. The van der Waals surface area contributed by atoms with E-state index in [9.17, 15) is 14.4 Å². The molecular formula is C19H21N3O4S. The number of aryl methyl sites for hydroxylation is 3. The van der Waals surface area contributed by atoms with Crippen LogP contribution in [0.3, 0.4) is 0 Å². The first-order valence-electron chi connectivity index (χ1n) is 8.76. The molecule has 1 aromatic carbocycles. The predicted octanol–water partition coefficient (Wildman–Crippen LogP) is 2.77. The Morgan fingerprint density at radius 1 is 1.22 bits per heavy atom. The van der Waals surface area contributed by atoms with Gasteiger partial charge in [0.2, 0.25) is 5.91 Å². The minimum absolute atomic E-state index is 0.176. The number of hydrogen-bond donors (Lipinski definition) is 2. The largest absolute Gasteiger partial charge is 0.419 e. The normalized spacial score (nSPS) is 10.9. The molecular weight excluding hydrogens is 366 g/mol. The third-order valence-electron chi connectivity index (χ3n) is 4.24. The van der Waals surface area contributed by atoms with Crippen LogP contribution in [0.1, 0.15) is 39.9 Å². The molecule has 0 fully saturated rings. The first-order chi connectivity index (χ1) is 13.0. The minimum atomic E-state index is -0.440. The lowest BCUT2D eigenvalue weighted by Crippen LogP contribution is -2.41. The van der Waals surface area contributed by atoms with Gasteiger partial charge in [0, 0.05) is 17.8 Å². The molecule has 3 rings (SSSR count). The zero-order chi connectivity index (χ0) is 19.4. The zero-order valence-electron chi connectivity index (χ0n) is 15.2. The topological polar surface area (TPSA) is 93.3 Å². The van der Waals surface area contributed by atoms with Crippen LogP contribution in [0.15, 0.2) is 39.5 Å². The average Bonchev–Trinajstić information content (AvgIpc) is 3.19. The number of carbonyl (C=O) groups excluding carboxylic acids is 2. The Morgan fingerprint density at radius 2 is 2.00 bits per heavy atom. The third kappa shape index (κ3) is 4.28. The highest BCUT2D eigenvalue weighted by atomic mass is 32.1. The number of hydrogen-bond acceptors (Lipinski definition) is 5. The molecule has 0 saturated heterocycles. The van der Waals surface area contributed by atoms with Gasteiger partial charge < -0.3 is 4.42 Å². The van der Waals surface area contributed by atoms with E-state index in [0.29, 0.717) is 28.9 Å². The molecule has 27 heavy (non-hydrogen) atoms. The summed E-state index contributed by atoms with van der Waals surface area (Å²) in [5.41, 5.74) is 7.16. The van der Waals surface area contributed by atoms with Gasteiger partial charge in [0.05, 0.1) is 10.4 Å². The summed E-state index contributed by atoms with van der Waals surface area (Å²) in [5.74, 6) is -1.08. The maximum Gasteiger partial charge on any atom is 0.419 e. The van der Waals surface area contributed by atoms with Crippen LogP contribution in [0.4, 0.5) is 0 Å². The van der Waals surface area contributed by atoms with Gasteiger partial charge in [0.25, 0.3) is 5.91 Å². The van der Waals surface area contributed by atoms with Crippen LogP contribution in [0.2, 0.25) is 0 Å². The van der Waals surface area contributed by atoms with Crippen molar-refractivity contribution in [1.29, 1.82) is 0 Å². The number of thiophene rings is 1. The average molecular weight is 387 g/mol. The van der Waals surface area contributed by atoms with Gasteiger partial charge in [-0.25, -0.2) is 4.79 Å². The molecule has 2 heterocycles. The number of amides is 2. The van der Waals surface area contributed by atoms with Gasteiger partial charge >= 0.3 is 5.76 Å². The lowest BCUT2D eigenvalue weighted by Gasteiger charge is -2.06. The second kappa shape index (κ2) is 8.22. The molecule has 0 bridgehead atoms. The van der Waals surface area contributed by atoms with Crippen molar-refractivity contribution in [3.05, 3.63) is 56.2 Å². The quantitative estimate of drug-likeness (QED) is 0.636. The Balaban J connectivity index is 1.49. The summed E-state index contributed by atoms with van der Waals surface area (Å²) < 4.78 is 6.66. The van der Waals surface area contributed by atoms with E-state index in [1.165, 1.54) is 15.9 Å². The molecule has 0 saturated carbocycles. The third-order valence-corrected chi connectivity index (χ3v) is 5.62. The Kier molecular flexibility index (Phi) is 5.75. The van der Waals surface area contributed by atoms with Gasteiger partial charge in [0.15, 0.2) is 5.58 Å². The molecule has 142 valence electrons. The molecule has 2 N–H and O–H groups in total. The molecule has 8 heteroatoms. The van der Waals surface area contributed by atoms with E-state index in [1.807, 2.05) is 26.0 Å². The number of oxazole rings is 1. The van der Waals surface area contributed by atoms with E-state index >= 15 is 0 Å². The van der Waals surface area contributed by atoms with Crippen LogP contribution in [0, 0.1) is 6.92 Å². The molecule has 0 spiro atoms. The number of fused-ring (bicyclic) bond motifs is 1. The van der Waals surface area contributed by atoms with Crippen molar-refractivity contribution in [1.82, 2.24) is 15.4 Å². The number of aromatic nitrogens is 1. The van der Waals surface area contributed by atoms with E-state index in [2.05, 4.69) is 10.9 Å². The number of carbonyl (C=O) groups is 2. The molecule has 0 aliphatic carbocycles. The van der Waals surface area contributed by atoms with E-state index in [0.717, 1.165) is 16.9 Å². The fraction of sp³-hybridized carbons (Fsp3) is 0.316. The summed E-state index contributed by atoms with van der Waals surface area (Å²) >= 11 is 1.43. The van der Waals surface area contributed by atoms with Crippen molar-refractivity contribution in [2.75, 3.05) is 0 Å². The lowest BCUT2D eigenvalue weighted by atomic mass is 10.2. The summed E-state index contributed by atoms with van der Waals surface area (Å²) in [4.78, 5) is 37.7. The highest BCUT2D eigenvalue weighted by Crippen LogP contribution is 2.22. The SMILES string of the molecule is CCc1sc(C(=O)NNC(=O)CCCn2c(=O)oc3ccccc32)cc1C. The summed E-state index contributed by atoms with van der Waals surface area (Å²) in [6.45, 7) is 4.37. The molecule has 0 atom stereocenters. The van der Waals surface area contributed by atoms with Gasteiger partial charge in [-0.05, 0) is 43.5 Å². The zero-order valence-corrected chi connectivity index (χ0v) is 16.0. The van der Waals surface area contributed by atoms with E-state index in [4.69, 9.17) is 4.42 Å². The van der Waals surface area contributed by atoms with Gasteiger partial charge in [-0.1, -0.05) is 19.1 Å². The number of nitrogens with one attached hydrogen (secondary N) is 2. The maximum absolute atomic E-state index is 12.1. The molecule has 7 nitrogen and oxygen atoms in total. The van der Waals surface area contributed by atoms with Crippen LogP contribution in [0.5, 0.6) is 0 Å². The predicted molar refractivity (Wildman–Crippen MR) is 104 cm³/mol. The smallest absolute Gasteiger partial charge is 0.408 e. The molecule has 2 amide bonds. The maximum atomic E-state index is 12.1. The molecule has 0 aliphatic heterocycles. The van der Waals surface area contributed by atoms with Crippen molar-refractivity contribution in [3.8, 4) is 0 Å².